The van der Waals surface area contributed by atoms with Crippen molar-refractivity contribution in [3.8, 4) is 0 Å². The molecule has 1 aliphatic heterocycles. The molecule has 0 aromatic heterocycles. The largest absolute Gasteiger partial charge is 0.338 e. The summed E-state index contributed by atoms with van der Waals surface area (Å²) >= 11 is 5.85. The Labute approximate surface area is 178 Å². The predicted octanol–water partition coefficient (Wildman–Crippen LogP) is 2.26. The number of benzene rings is 2. The van der Waals surface area contributed by atoms with Gasteiger partial charge in [0.2, 0.25) is 5.91 Å². The number of halogens is 2. The Morgan fingerprint density at radius 1 is 0.867 bits per heavy atom. The zero-order valence-electron chi connectivity index (χ0n) is 16.2. The van der Waals surface area contributed by atoms with E-state index in [0.717, 1.165) is 5.56 Å². The summed E-state index contributed by atoms with van der Waals surface area (Å²) in [6.07, 6.45) is 0. The lowest BCUT2D eigenvalue weighted by Crippen LogP contribution is -2.53. The summed E-state index contributed by atoms with van der Waals surface area (Å²) in [6.45, 7) is 1.73. The molecule has 1 saturated heterocycles. The average molecular weight is 433 g/mol. The second kappa shape index (κ2) is 10.1. The van der Waals surface area contributed by atoms with Gasteiger partial charge in [-0.2, -0.15) is 0 Å². The van der Waals surface area contributed by atoms with Crippen molar-refractivity contribution in [3.63, 3.8) is 0 Å². The minimum atomic E-state index is -0.482. The first-order chi connectivity index (χ1) is 14.4. The number of carbonyl (C=O) groups is 3. The molecule has 0 unspecified atom stereocenters. The lowest BCUT2D eigenvalue weighted by molar-refractivity contribution is -0.131. The predicted molar refractivity (Wildman–Crippen MR) is 111 cm³/mol. The quantitative estimate of drug-likeness (QED) is 0.760. The van der Waals surface area contributed by atoms with Crippen LogP contribution < -0.4 is 10.6 Å². The van der Waals surface area contributed by atoms with E-state index < -0.39 is 6.03 Å². The summed E-state index contributed by atoms with van der Waals surface area (Å²) in [6, 6.07) is 12.0. The van der Waals surface area contributed by atoms with Crippen LogP contribution in [0, 0.1) is 5.82 Å². The Morgan fingerprint density at radius 2 is 1.47 bits per heavy atom. The lowest BCUT2D eigenvalue weighted by Gasteiger charge is -2.34. The summed E-state index contributed by atoms with van der Waals surface area (Å²) in [5.74, 6) is -0.661. The first-order valence-corrected chi connectivity index (χ1v) is 9.89. The number of nitrogens with zero attached hydrogens (tertiary/aromatic N) is 2. The summed E-state index contributed by atoms with van der Waals surface area (Å²) < 4.78 is 12.9. The van der Waals surface area contributed by atoms with E-state index in [9.17, 15) is 18.8 Å². The van der Waals surface area contributed by atoms with Gasteiger partial charge in [0.15, 0.2) is 0 Å². The van der Waals surface area contributed by atoms with E-state index in [1.165, 1.54) is 12.1 Å². The number of nitrogens with one attached hydrogen (secondary N) is 2. The van der Waals surface area contributed by atoms with Crippen LogP contribution in [0.5, 0.6) is 0 Å². The highest BCUT2D eigenvalue weighted by atomic mass is 35.5. The van der Waals surface area contributed by atoms with Crippen molar-refractivity contribution in [1.82, 2.24) is 20.4 Å². The SMILES string of the molecule is O=C(NCC(=O)N1CCN(C(=O)c2ccc(Cl)cc2)CC1)NCc1ccc(F)cc1. The smallest absolute Gasteiger partial charge is 0.315 e. The fraction of sp³-hybridized carbons (Fsp3) is 0.286. The summed E-state index contributed by atoms with van der Waals surface area (Å²) in [5.41, 5.74) is 1.30. The van der Waals surface area contributed by atoms with Crippen molar-refractivity contribution in [1.29, 1.82) is 0 Å². The molecule has 4 amide bonds. The van der Waals surface area contributed by atoms with Crippen LogP contribution in [0.25, 0.3) is 0 Å². The summed E-state index contributed by atoms with van der Waals surface area (Å²) in [7, 11) is 0. The molecule has 1 heterocycles. The number of amides is 4. The van der Waals surface area contributed by atoms with Crippen molar-refractivity contribution in [3.05, 3.63) is 70.5 Å². The second-order valence-electron chi connectivity index (χ2n) is 6.84. The van der Waals surface area contributed by atoms with Crippen LogP contribution in [-0.2, 0) is 11.3 Å². The van der Waals surface area contributed by atoms with Crippen LogP contribution in [0.3, 0.4) is 0 Å². The van der Waals surface area contributed by atoms with Gasteiger partial charge in [0.1, 0.15) is 5.82 Å². The maximum atomic E-state index is 12.9. The van der Waals surface area contributed by atoms with Crippen molar-refractivity contribution in [2.24, 2.45) is 0 Å². The molecule has 1 aliphatic rings. The average Bonchev–Trinajstić information content (AvgIpc) is 2.77. The van der Waals surface area contributed by atoms with Gasteiger partial charge in [-0.15, -0.1) is 0 Å². The highest BCUT2D eigenvalue weighted by molar-refractivity contribution is 6.30. The van der Waals surface area contributed by atoms with Gasteiger partial charge in [-0.3, -0.25) is 9.59 Å². The minimum absolute atomic E-state index is 0.0999. The summed E-state index contributed by atoms with van der Waals surface area (Å²) in [5, 5.41) is 5.70. The monoisotopic (exact) mass is 432 g/mol. The molecule has 2 N–H and O–H groups in total. The third-order valence-electron chi connectivity index (χ3n) is 4.78. The molecule has 7 nitrogen and oxygen atoms in total. The fourth-order valence-electron chi connectivity index (χ4n) is 3.05. The van der Waals surface area contributed by atoms with Crippen molar-refractivity contribution >= 4 is 29.4 Å². The minimum Gasteiger partial charge on any atom is -0.338 e. The van der Waals surface area contributed by atoms with E-state index in [-0.39, 0.29) is 30.7 Å². The molecule has 158 valence electrons. The Hall–Kier alpha value is -3.13. The van der Waals surface area contributed by atoms with E-state index in [2.05, 4.69) is 10.6 Å². The van der Waals surface area contributed by atoms with Gasteiger partial charge in [-0.1, -0.05) is 23.7 Å². The third kappa shape index (κ3) is 5.93. The van der Waals surface area contributed by atoms with Crippen LogP contribution in [0.4, 0.5) is 9.18 Å². The molecule has 2 aromatic rings. The highest BCUT2D eigenvalue weighted by Gasteiger charge is 2.24. The third-order valence-corrected chi connectivity index (χ3v) is 5.03. The molecular weight excluding hydrogens is 411 g/mol. The van der Waals surface area contributed by atoms with E-state index in [1.807, 2.05) is 0 Å². The molecule has 30 heavy (non-hydrogen) atoms. The topological polar surface area (TPSA) is 81.8 Å². The standard InChI is InChI=1S/C21H22ClFN4O3/c22-17-5-3-16(4-6-17)20(29)27-11-9-26(10-12-27)19(28)14-25-21(30)24-13-15-1-7-18(23)8-2-15/h1-8H,9-14H2,(H2,24,25,30). The molecule has 0 radical (unpaired) electrons. The van der Waals surface area contributed by atoms with E-state index in [4.69, 9.17) is 11.6 Å². The van der Waals surface area contributed by atoms with Gasteiger partial charge in [-0.05, 0) is 42.0 Å². The van der Waals surface area contributed by atoms with Gasteiger partial charge in [-0.25, -0.2) is 9.18 Å². The first kappa shape index (κ1) is 21.6. The summed E-state index contributed by atoms with van der Waals surface area (Å²) in [4.78, 5) is 40.0. The van der Waals surface area contributed by atoms with E-state index in [1.54, 1.807) is 46.2 Å². The lowest BCUT2D eigenvalue weighted by atomic mass is 10.2. The van der Waals surface area contributed by atoms with Gasteiger partial charge < -0.3 is 20.4 Å². The molecule has 0 spiro atoms. The normalized spacial score (nSPS) is 13.7. The molecule has 3 rings (SSSR count). The van der Waals surface area contributed by atoms with Gasteiger partial charge >= 0.3 is 6.03 Å². The number of urea groups is 1. The van der Waals surface area contributed by atoms with Crippen LogP contribution in [0.1, 0.15) is 15.9 Å². The number of hydrogen-bond donors (Lipinski definition) is 2. The molecule has 1 fully saturated rings. The maximum Gasteiger partial charge on any atom is 0.315 e. The molecule has 0 aliphatic carbocycles. The zero-order chi connectivity index (χ0) is 21.5. The maximum absolute atomic E-state index is 12.9. The highest BCUT2D eigenvalue weighted by Crippen LogP contribution is 2.13. The molecule has 0 atom stereocenters. The van der Waals surface area contributed by atoms with Crippen LogP contribution in [0.15, 0.2) is 48.5 Å². The number of rotatable bonds is 5. The van der Waals surface area contributed by atoms with Gasteiger partial charge in [0, 0.05) is 43.3 Å². The van der Waals surface area contributed by atoms with Crippen molar-refractivity contribution in [2.45, 2.75) is 6.54 Å². The first-order valence-electron chi connectivity index (χ1n) is 9.51. The van der Waals surface area contributed by atoms with E-state index in [0.29, 0.717) is 36.8 Å². The van der Waals surface area contributed by atoms with Crippen LogP contribution in [0.2, 0.25) is 5.02 Å². The molecule has 0 bridgehead atoms. The molecule has 0 saturated carbocycles. The Balaban J connectivity index is 1.38. The van der Waals surface area contributed by atoms with E-state index >= 15 is 0 Å². The van der Waals surface area contributed by atoms with Crippen molar-refractivity contribution in [2.75, 3.05) is 32.7 Å². The molecular formula is C21H22ClFN4O3. The Kier molecular flexibility index (Phi) is 7.24. The molecule has 9 heteroatoms. The number of carbonyl (C=O) groups excluding carboxylic acids is 3. The Bertz CT molecular complexity index is 897. The van der Waals surface area contributed by atoms with Crippen molar-refractivity contribution < 1.29 is 18.8 Å². The second-order valence-corrected chi connectivity index (χ2v) is 7.28. The molecule has 2 aromatic carbocycles. The van der Waals surface area contributed by atoms with Crippen LogP contribution >= 0.6 is 11.6 Å². The zero-order valence-corrected chi connectivity index (χ0v) is 17.0. The Morgan fingerprint density at radius 3 is 2.10 bits per heavy atom. The van der Waals surface area contributed by atoms with Gasteiger partial charge in [0.25, 0.3) is 5.91 Å². The van der Waals surface area contributed by atoms with Gasteiger partial charge in [0.05, 0.1) is 6.54 Å². The fourth-order valence-corrected chi connectivity index (χ4v) is 3.17. The number of piperazine rings is 1. The number of hydrogen-bond acceptors (Lipinski definition) is 3. The van der Waals surface area contributed by atoms with Crippen LogP contribution in [-0.4, -0.2) is 60.4 Å².